The smallest absolute Gasteiger partial charge is 0.145 e. The fourth-order valence-electron chi connectivity index (χ4n) is 3.08. The maximum absolute atomic E-state index is 10.3. The lowest BCUT2D eigenvalue weighted by atomic mass is 10.0. The Labute approximate surface area is 160 Å². The van der Waals surface area contributed by atoms with Crippen molar-refractivity contribution in [2.75, 3.05) is 26.2 Å². The van der Waals surface area contributed by atoms with Gasteiger partial charge in [0, 0.05) is 26.1 Å². The Balaban J connectivity index is 1.47. The largest absolute Gasteiger partial charge is 0.491 e. The van der Waals surface area contributed by atoms with E-state index in [4.69, 9.17) is 9.57 Å². The molecule has 0 aromatic heterocycles. The molecule has 1 N–H and O–H groups in total. The van der Waals surface area contributed by atoms with E-state index in [0.29, 0.717) is 19.6 Å². The maximum atomic E-state index is 10.3. The minimum atomic E-state index is -0.596. The average Bonchev–Trinajstić information content (AvgIpc) is 3.16. The molecule has 0 bridgehead atoms. The van der Waals surface area contributed by atoms with Gasteiger partial charge in [0.2, 0.25) is 0 Å². The van der Waals surface area contributed by atoms with E-state index in [-0.39, 0.29) is 12.7 Å². The molecule has 0 saturated heterocycles. The van der Waals surface area contributed by atoms with Crippen molar-refractivity contribution in [2.45, 2.75) is 18.6 Å². The van der Waals surface area contributed by atoms with Crippen LogP contribution in [0.2, 0.25) is 0 Å². The lowest BCUT2D eigenvalue weighted by Gasteiger charge is -2.25. The highest BCUT2D eigenvalue weighted by molar-refractivity contribution is 6.01. The van der Waals surface area contributed by atoms with Crippen molar-refractivity contribution in [1.82, 2.24) is 4.90 Å². The summed E-state index contributed by atoms with van der Waals surface area (Å²) in [7, 11) is 0. The lowest BCUT2D eigenvalue weighted by Crippen LogP contribution is -2.40. The second-order valence-electron chi connectivity index (χ2n) is 6.62. The SMILES string of the molecule is C=CCN(C[C@@H](O)COc1ccccc1)C[C@@H]1CC(c2ccccc2)=NO1. The predicted molar refractivity (Wildman–Crippen MR) is 107 cm³/mol. The molecule has 2 aromatic rings. The van der Waals surface area contributed by atoms with Gasteiger partial charge in [-0.05, 0) is 17.7 Å². The molecule has 1 aliphatic rings. The number of hydrogen-bond donors (Lipinski definition) is 1. The minimum absolute atomic E-state index is 0.0256. The second-order valence-corrected chi connectivity index (χ2v) is 6.62. The number of aliphatic hydroxyl groups is 1. The third kappa shape index (κ3) is 5.94. The van der Waals surface area contributed by atoms with E-state index in [1.807, 2.05) is 66.7 Å². The highest BCUT2D eigenvalue weighted by atomic mass is 16.6. The Bertz CT molecular complexity index is 734. The first-order valence-corrected chi connectivity index (χ1v) is 9.22. The molecule has 0 aliphatic carbocycles. The van der Waals surface area contributed by atoms with Crippen LogP contribution in [-0.2, 0) is 4.84 Å². The third-order valence-electron chi connectivity index (χ3n) is 4.34. The summed E-state index contributed by atoms with van der Waals surface area (Å²) < 4.78 is 5.64. The van der Waals surface area contributed by atoms with Crippen molar-refractivity contribution in [3.63, 3.8) is 0 Å². The molecule has 0 amide bonds. The van der Waals surface area contributed by atoms with Gasteiger partial charge in [-0.1, -0.05) is 59.8 Å². The normalized spacial score (nSPS) is 17.3. The number of aliphatic hydroxyl groups excluding tert-OH is 1. The molecule has 0 fully saturated rings. The van der Waals surface area contributed by atoms with E-state index in [1.165, 1.54) is 0 Å². The molecular weight excluding hydrogens is 340 g/mol. The van der Waals surface area contributed by atoms with Gasteiger partial charge in [-0.15, -0.1) is 6.58 Å². The van der Waals surface area contributed by atoms with E-state index in [2.05, 4.69) is 16.6 Å². The van der Waals surface area contributed by atoms with E-state index >= 15 is 0 Å². The fourth-order valence-corrected chi connectivity index (χ4v) is 3.08. The Kier molecular flexibility index (Phi) is 7.02. The van der Waals surface area contributed by atoms with E-state index in [1.54, 1.807) is 0 Å². The zero-order chi connectivity index (χ0) is 18.9. The first-order valence-electron chi connectivity index (χ1n) is 9.22. The Morgan fingerprint density at radius 1 is 1.19 bits per heavy atom. The van der Waals surface area contributed by atoms with Gasteiger partial charge in [-0.3, -0.25) is 4.90 Å². The molecule has 1 heterocycles. The molecule has 1 aliphatic heterocycles. The molecule has 142 valence electrons. The van der Waals surface area contributed by atoms with Crippen LogP contribution in [0, 0.1) is 0 Å². The Hall–Kier alpha value is -2.63. The van der Waals surface area contributed by atoms with Crippen molar-refractivity contribution in [3.05, 3.63) is 78.9 Å². The maximum Gasteiger partial charge on any atom is 0.145 e. The molecule has 5 nitrogen and oxygen atoms in total. The quantitative estimate of drug-likeness (QED) is 0.657. The molecular formula is C22H26N2O3. The van der Waals surface area contributed by atoms with Crippen molar-refractivity contribution < 1.29 is 14.7 Å². The zero-order valence-corrected chi connectivity index (χ0v) is 15.4. The minimum Gasteiger partial charge on any atom is -0.491 e. The first kappa shape index (κ1) is 19.1. The van der Waals surface area contributed by atoms with Gasteiger partial charge in [0.05, 0.1) is 5.71 Å². The number of oxime groups is 1. The summed E-state index contributed by atoms with van der Waals surface area (Å²) in [4.78, 5) is 7.72. The second kappa shape index (κ2) is 9.90. The van der Waals surface area contributed by atoms with Gasteiger partial charge in [0.1, 0.15) is 24.6 Å². The van der Waals surface area contributed by atoms with Crippen molar-refractivity contribution >= 4 is 5.71 Å². The summed E-state index contributed by atoms with van der Waals surface area (Å²) in [6.45, 7) is 5.89. The van der Waals surface area contributed by atoms with Gasteiger partial charge in [0.15, 0.2) is 0 Å². The predicted octanol–water partition coefficient (Wildman–Crippen LogP) is 3.11. The fraction of sp³-hybridized carbons (Fsp3) is 0.318. The van der Waals surface area contributed by atoms with Gasteiger partial charge in [-0.2, -0.15) is 0 Å². The average molecular weight is 366 g/mol. The standard InChI is InChI=1S/C22H26N2O3/c1-2-13-24(15-19(25)17-26-20-11-7-4-8-12-20)16-21-14-22(23-27-21)18-9-5-3-6-10-18/h2-12,19,21,25H,1,13-17H2/t19-,21+/m1/s1. The van der Waals surface area contributed by atoms with Crippen LogP contribution in [0.25, 0.3) is 0 Å². The van der Waals surface area contributed by atoms with Crippen molar-refractivity contribution in [3.8, 4) is 5.75 Å². The van der Waals surface area contributed by atoms with Crippen LogP contribution in [-0.4, -0.2) is 54.2 Å². The third-order valence-corrected chi connectivity index (χ3v) is 4.34. The topological polar surface area (TPSA) is 54.3 Å². The summed E-state index contributed by atoms with van der Waals surface area (Å²) in [5.41, 5.74) is 2.05. The van der Waals surface area contributed by atoms with E-state index in [0.717, 1.165) is 23.4 Å². The van der Waals surface area contributed by atoms with Crippen LogP contribution in [0.1, 0.15) is 12.0 Å². The zero-order valence-electron chi connectivity index (χ0n) is 15.4. The molecule has 0 saturated carbocycles. The molecule has 0 unspecified atom stereocenters. The number of rotatable bonds is 10. The molecule has 0 spiro atoms. The highest BCUT2D eigenvalue weighted by Crippen LogP contribution is 2.18. The summed E-state index contributed by atoms with van der Waals surface area (Å²) in [5, 5.41) is 14.6. The molecule has 2 aromatic carbocycles. The molecule has 5 heteroatoms. The Morgan fingerprint density at radius 3 is 2.59 bits per heavy atom. The number of ether oxygens (including phenoxy) is 1. The van der Waals surface area contributed by atoms with Crippen LogP contribution in [0.3, 0.4) is 0 Å². The molecule has 2 atom stereocenters. The summed E-state index contributed by atoms with van der Waals surface area (Å²) in [5.74, 6) is 0.756. The molecule has 27 heavy (non-hydrogen) atoms. The molecule has 3 rings (SSSR count). The van der Waals surface area contributed by atoms with Crippen LogP contribution in [0.4, 0.5) is 0 Å². The van der Waals surface area contributed by atoms with Gasteiger partial charge in [0.25, 0.3) is 0 Å². The van der Waals surface area contributed by atoms with E-state index < -0.39 is 6.10 Å². The number of para-hydroxylation sites is 1. The van der Waals surface area contributed by atoms with Crippen LogP contribution < -0.4 is 4.74 Å². The first-order chi connectivity index (χ1) is 13.2. The van der Waals surface area contributed by atoms with Crippen LogP contribution in [0.15, 0.2) is 78.5 Å². The van der Waals surface area contributed by atoms with Crippen molar-refractivity contribution in [2.24, 2.45) is 5.16 Å². The van der Waals surface area contributed by atoms with Gasteiger partial charge in [-0.25, -0.2) is 0 Å². The van der Waals surface area contributed by atoms with E-state index in [9.17, 15) is 5.11 Å². The summed E-state index contributed by atoms with van der Waals surface area (Å²) >= 11 is 0. The number of nitrogens with zero attached hydrogens (tertiary/aromatic N) is 2. The monoisotopic (exact) mass is 366 g/mol. The lowest BCUT2D eigenvalue weighted by molar-refractivity contribution is 0.0283. The van der Waals surface area contributed by atoms with Crippen LogP contribution >= 0.6 is 0 Å². The molecule has 0 radical (unpaired) electrons. The van der Waals surface area contributed by atoms with Crippen LogP contribution in [0.5, 0.6) is 5.75 Å². The number of benzene rings is 2. The van der Waals surface area contributed by atoms with Crippen molar-refractivity contribution in [1.29, 1.82) is 0 Å². The summed E-state index contributed by atoms with van der Waals surface area (Å²) in [6.07, 6.45) is 1.97. The van der Waals surface area contributed by atoms with Gasteiger partial charge < -0.3 is 14.7 Å². The van der Waals surface area contributed by atoms with Gasteiger partial charge >= 0.3 is 0 Å². The summed E-state index contributed by atoms with van der Waals surface area (Å²) in [6, 6.07) is 19.6. The Morgan fingerprint density at radius 2 is 1.89 bits per heavy atom. The number of hydrogen-bond acceptors (Lipinski definition) is 5. The highest BCUT2D eigenvalue weighted by Gasteiger charge is 2.25.